The molecule has 1 N–H and O–H groups in total. The zero-order chi connectivity index (χ0) is 21.3. The summed E-state index contributed by atoms with van der Waals surface area (Å²) < 4.78 is 0. The van der Waals surface area contributed by atoms with Crippen molar-refractivity contribution < 1.29 is 4.79 Å². The third-order valence-electron chi connectivity index (χ3n) is 5.81. The molecule has 1 atom stereocenters. The van der Waals surface area contributed by atoms with Gasteiger partial charge in [0.2, 0.25) is 0 Å². The number of halogens is 1. The molecule has 4 nitrogen and oxygen atoms in total. The molecule has 1 amide bonds. The normalized spacial score (nSPS) is 18.0. The standard InChI is InChI=1S/C24H26ClN3O/c1-15-10-22-19(16(2)13-24(3,4)28(22)5)12-17(15)11-18(14-26)23(29)27-21-9-7-6-8-20(21)25/h6-12,16H,13H2,1-5H3,(H,27,29)/b18-11+. The lowest BCUT2D eigenvalue weighted by Crippen LogP contribution is -2.45. The van der Waals surface area contributed by atoms with E-state index in [4.69, 9.17) is 11.6 Å². The zero-order valence-electron chi connectivity index (χ0n) is 17.5. The SMILES string of the molecule is Cc1cc2c(cc1/C=C(\C#N)C(=O)Nc1ccccc1Cl)C(C)CC(C)(C)N2C. The molecule has 2 aromatic rings. The van der Waals surface area contributed by atoms with Gasteiger partial charge >= 0.3 is 0 Å². The first-order valence-corrected chi connectivity index (χ1v) is 10.1. The van der Waals surface area contributed by atoms with Crippen LogP contribution < -0.4 is 10.2 Å². The number of fused-ring (bicyclic) bond motifs is 1. The van der Waals surface area contributed by atoms with E-state index in [1.165, 1.54) is 11.3 Å². The van der Waals surface area contributed by atoms with Crippen LogP contribution in [-0.4, -0.2) is 18.5 Å². The summed E-state index contributed by atoms with van der Waals surface area (Å²) in [6.07, 6.45) is 2.70. The molecule has 5 heteroatoms. The quantitative estimate of drug-likeness (QED) is 0.507. The highest BCUT2D eigenvalue weighted by Gasteiger charge is 2.34. The molecule has 2 aromatic carbocycles. The van der Waals surface area contributed by atoms with Crippen LogP contribution in [0.15, 0.2) is 42.0 Å². The first-order chi connectivity index (χ1) is 13.6. The Labute approximate surface area is 177 Å². The van der Waals surface area contributed by atoms with Crippen molar-refractivity contribution in [2.24, 2.45) is 0 Å². The molecular formula is C24H26ClN3O. The van der Waals surface area contributed by atoms with E-state index < -0.39 is 5.91 Å². The maximum atomic E-state index is 12.6. The maximum Gasteiger partial charge on any atom is 0.266 e. The Morgan fingerprint density at radius 1 is 1.34 bits per heavy atom. The van der Waals surface area contributed by atoms with E-state index in [0.717, 1.165) is 17.5 Å². The average Bonchev–Trinajstić information content (AvgIpc) is 2.66. The number of nitrogens with zero attached hydrogens (tertiary/aromatic N) is 2. The van der Waals surface area contributed by atoms with Crippen molar-refractivity contribution in [1.82, 2.24) is 0 Å². The summed E-state index contributed by atoms with van der Waals surface area (Å²) in [5, 5.41) is 12.7. The van der Waals surface area contributed by atoms with E-state index in [1.807, 2.05) is 13.0 Å². The summed E-state index contributed by atoms with van der Waals surface area (Å²) >= 11 is 6.11. The number of para-hydroxylation sites is 1. The lowest BCUT2D eigenvalue weighted by molar-refractivity contribution is -0.112. The molecule has 1 unspecified atom stereocenters. The Balaban J connectivity index is 1.97. The first-order valence-electron chi connectivity index (χ1n) is 9.70. The van der Waals surface area contributed by atoms with Gasteiger partial charge in [-0.2, -0.15) is 5.26 Å². The summed E-state index contributed by atoms with van der Waals surface area (Å²) in [5.41, 5.74) is 4.98. The largest absolute Gasteiger partial charge is 0.369 e. The molecule has 0 spiro atoms. The third-order valence-corrected chi connectivity index (χ3v) is 6.14. The summed E-state index contributed by atoms with van der Waals surface area (Å²) in [7, 11) is 2.12. The number of benzene rings is 2. The van der Waals surface area contributed by atoms with Gasteiger partial charge < -0.3 is 10.2 Å². The Hall–Kier alpha value is -2.77. The molecule has 0 bridgehead atoms. The summed E-state index contributed by atoms with van der Waals surface area (Å²) in [6.45, 7) is 8.74. The van der Waals surface area contributed by atoms with Crippen LogP contribution in [0.3, 0.4) is 0 Å². The van der Waals surface area contributed by atoms with Crippen molar-refractivity contribution in [1.29, 1.82) is 5.26 Å². The van der Waals surface area contributed by atoms with Crippen molar-refractivity contribution >= 4 is 35.0 Å². The zero-order valence-corrected chi connectivity index (χ0v) is 18.3. The Morgan fingerprint density at radius 3 is 2.69 bits per heavy atom. The Morgan fingerprint density at radius 2 is 2.03 bits per heavy atom. The molecule has 0 aromatic heterocycles. The van der Waals surface area contributed by atoms with Crippen LogP contribution in [0.4, 0.5) is 11.4 Å². The number of nitriles is 1. The van der Waals surface area contributed by atoms with Gasteiger partial charge in [0.1, 0.15) is 11.6 Å². The molecule has 1 aliphatic heterocycles. The minimum absolute atomic E-state index is 0.0464. The van der Waals surface area contributed by atoms with Crippen LogP contribution in [0, 0.1) is 18.3 Å². The number of nitrogens with one attached hydrogen (secondary N) is 1. The summed E-state index contributed by atoms with van der Waals surface area (Å²) in [6, 6.07) is 13.3. The fourth-order valence-electron chi connectivity index (χ4n) is 3.95. The van der Waals surface area contributed by atoms with Gasteiger partial charge in [0.25, 0.3) is 5.91 Å². The van der Waals surface area contributed by atoms with E-state index in [9.17, 15) is 10.1 Å². The lowest BCUT2D eigenvalue weighted by Gasteiger charge is -2.45. The van der Waals surface area contributed by atoms with Gasteiger partial charge in [0, 0.05) is 18.3 Å². The summed E-state index contributed by atoms with van der Waals surface area (Å²) in [4.78, 5) is 15.0. The molecule has 0 aliphatic carbocycles. The number of hydrogen-bond donors (Lipinski definition) is 1. The topological polar surface area (TPSA) is 56.1 Å². The van der Waals surface area contributed by atoms with Crippen LogP contribution in [0.1, 0.15) is 49.8 Å². The minimum atomic E-state index is -0.468. The smallest absolute Gasteiger partial charge is 0.266 e. The minimum Gasteiger partial charge on any atom is -0.369 e. The van der Waals surface area contributed by atoms with Crippen LogP contribution in [-0.2, 0) is 4.79 Å². The van der Waals surface area contributed by atoms with Crippen molar-refractivity contribution in [2.75, 3.05) is 17.3 Å². The van der Waals surface area contributed by atoms with Crippen molar-refractivity contribution in [3.05, 3.63) is 63.7 Å². The molecule has 29 heavy (non-hydrogen) atoms. The second-order valence-corrected chi connectivity index (χ2v) is 8.76. The number of carbonyl (C=O) groups is 1. The first kappa shape index (κ1) is 21.0. The number of carbonyl (C=O) groups excluding carboxylic acids is 1. The number of anilines is 2. The molecular weight excluding hydrogens is 382 g/mol. The molecule has 150 valence electrons. The van der Waals surface area contributed by atoms with Crippen LogP contribution in [0.2, 0.25) is 5.02 Å². The van der Waals surface area contributed by atoms with E-state index in [2.05, 4.69) is 50.2 Å². The highest BCUT2D eigenvalue weighted by atomic mass is 35.5. The van der Waals surface area contributed by atoms with Gasteiger partial charge in [0.15, 0.2) is 0 Å². The van der Waals surface area contributed by atoms with Crippen molar-refractivity contribution in [3.8, 4) is 6.07 Å². The highest BCUT2D eigenvalue weighted by Crippen LogP contribution is 2.43. The predicted octanol–water partition coefficient (Wildman–Crippen LogP) is 5.92. The van der Waals surface area contributed by atoms with Gasteiger partial charge in [-0.1, -0.05) is 30.7 Å². The molecule has 1 aliphatic rings. The maximum absolute atomic E-state index is 12.6. The van der Waals surface area contributed by atoms with E-state index >= 15 is 0 Å². The molecule has 0 saturated carbocycles. The van der Waals surface area contributed by atoms with Crippen LogP contribution in [0.25, 0.3) is 6.08 Å². The monoisotopic (exact) mass is 407 g/mol. The molecule has 3 rings (SSSR count). The Kier molecular flexibility index (Phi) is 5.73. The Bertz CT molecular complexity index is 1030. The predicted molar refractivity (Wildman–Crippen MR) is 120 cm³/mol. The van der Waals surface area contributed by atoms with Gasteiger partial charge in [-0.15, -0.1) is 0 Å². The van der Waals surface area contributed by atoms with Crippen LogP contribution >= 0.6 is 11.6 Å². The number of rotatable bonds is 3. The van der Waals surface area contributed by atoms with Crippen molar-refractivity contribution in [2.45, 2.75) is 45.6 Å². The van der Waals surface area contributed by atoms with Gasteiger partial charge in [-0.3, -0.25) is 4.79 Å². The van der Waals surface area contributed by atoms with E-state index in [0.29, 0.717) is 16.6 Å². The van der Waals surface area contributed by atoms with E-state index in [1.54, 1.807) is 30.3 Å². The number of aryl methyl sites for hydroxylation is 1. The molecule has 0 fully saturated rings. The van der Waals surface area contributed by atoms with Crippen LogP contribution in [0.5, 0.6) is 0 Å². The van der Waals surface area contributed by atoms with Gasteiger partial charge in [-0.05, 0) is 80.1 Å². The number of hydrogen-bond acceptors (Lipinski definition) is 3. The second kappa shape index (κ2) is 7.93. The van der Waals surface area contributed by atoms with Gasteiger partial charge in [-0.25, -0.2) is 0 Å². The third kappa shape index (κ3) is 4.16. The van der Waals surface area contributed by atoms with Crippen molar-refractivity contribution in [3.63, 3.8) is 0 Å². The lowest BCUT2D eigenvalue weighted by atomic mass is 9.79. The highest BCUT2D eigenvalue weighted by molar-refractivity contribution is 6.34. The average molecular weight is 408 g/mol. The van der Waals surface area contributed by atoms with Gasteiger partial charge in [0.05, 0.1) is 10.7 Å². The summed E-state index contributed by atoms with van der Waals surface area (Å²) in [5.74, 6) is -0.0736. The fraction of sp³-hybridized carbons (Fsp3) is 0.333. The molecule has 1 heterocycles. The second-order valence-electron chi connectivity index (χ2n) is 8.35. The molecule has 0 radical (unpaired) electrons. The molecule has 0 saturated heterocycles. The number of amides is 1. The fourth-order valence-corrected chi connectivity index (χ4v) is 4.13. The van der Waals surface area contributed by atoms with E-state index in [-0.39, 0.29) is 11.1 Å².